The van der Waals surface area contributed by atoms with Crippen LogP contribution in [0.1, 0.15) is 11.3 Å². The molecule has 0 aliphatic heterocycles. The lowest BCUT2D eigenvalue weighted by Gasteiger charge is -2.03. The van der Waals surface area contributed by atoms with Crippen LogP contribution in [0.15, 0.2) is 42.6 Å². The average molecular weight is 242 g/mol. The Morgan fingerprint density at radius 2 is 2.00 bits per heavy atom. The molecule has 0 atom stereocenters. The molecule has 1 aromatic carbocycles. The lowest BCUT2D eigenvalue weighted by molar-refractivity contribution is -0.673. The third-order valence-electron chi connectivity index (χ3n) is 2.75. The zero-order chi connectivity index (χ0) is 13.0. The largest absolute Gasteiger partial charge is 0.504 e. The first-order valence-electron chi connectivity index (χ1n) is 5.70. The van der Waals surface area contributed by atoms with Crippen molar-refractivity contribution < 1.29 is 14.4 Å². The Morgan fingerprint density at radius 3 is 2.72 bits per heavy atom. The summed E-state index contributed by atoms with van der Waals surface area (Å²) in [5.41, 5.74) is 2.08. The van der Waals surface area contributed by atoms with Gasteiger partial charge in [0.15, 0.2) is 17.7 Å². The van der Waals surface area contributed by atoms with Gasteiger partial charge in [0, 0.05) is 18.2 Å². The third kappa shape index (κ3) is 2.69. The lowest BCUT2D eigenvalue weighted by atomic mass is 10.1. The van der Waals surface area contributed by atoms with Crippen molar-refractivity contribution >= 4 is 12.2 Å². The molecule has 2 rings (SSSR count). The Bertz CT molecular complexity index is 576. The number of benzene rings is 1. The highest BCUT2D eigenvalue weighted by Gasteiger charge is 2.02. The minimum absolute atomic E-state index is 0.153. The third-order valence-corrected chi connectivity index (χ3v) is 2.75. The molecular formula is C15H16NO2+. The number of hydrogen-bond acceptors (Lipinski definition) is 2. The van der Waals surface area contributed by atoms with E-state index in [0.29, 0.717) is 5.75 Å². The highest BCUT2D eigenvalue weighted by molar-refractivity contribution is 5.68. The molecule has 92 valence electrons. The Morgan fingerprint density at radius 1 is 1.17 bits per heavy atom. The normalized spacial score (nSPS) is 10.8. The number of rotatable bonds is 3. The van der Waals surface area contributed by atoms with Gasteiger partial charge in [-0.3, -0.25) is 0 Å². The van der Waals surface area contributed by atoms with Crippen molar-refractivity contribution in [2.75, 3.05) is 7.11 Å². The first-order chi connectivity index (χ1) is 8.70. The smallest absolute Gasteiger partial charge is 0.204 e. The molecule has 0 spiro atoms. The molecule has 1 N–H and O–H groups in total. The van der Waals surface area contributed by atoms with Crippen molar-refractivity contribution in [1.82, 2.24) is 0 Å². The number of phenols is 1. The van der Waals surface area contributed by atoms with Crippen LogP contribution in [-0.2, 0) is 7.05 Å². The number of hydrogen-bond donors (Lipinski definition) is 1. The van der Waals surface area contributed by atoms with E-state index in [9.17, 15) is 5.11 Å². The van der Waals surface area contributed by atoms with Crippen molar-refractivity contribution in [3.05, 3.63) is 53.9 Å². The van der Waals surface area contributed by atoms with Gasteiger partial charge >= 0.3 is 0 Å². The topological polar surface area (TPSA) is 33.3 Å². The molecule has 0 radical (unpaired) electrons. The fraction of sp³-hybridized carbons (Fsp3) is 0.133. The van der Waals surface area contributed by atoms with Crippen molar-refractivity contribution in [1.29, 1.82) is 0 Å². The summed E-state index contributed by atoms with van der Waals surface area (Å²) < 4.78 is 7.11. The van der Waals surface area contributed by atoms with E-state index in [1.807, 2.05) is 54.2 Å². The highest BCUT2D eigenvalue weighted by atomic mass is 16.5. The van der Waals surface area contributed by atoms with E-state index in [0.717, 1.165) is 11.3 Å². The molecule has 0 saturated heterocycles. The van der Waals surface area contributed by atoms with Crippen molar-refractivity contribution in [3.8, 4) is 11.5 Å². The second-order valence-electron chi connectivity index (χ2n) is 4.00. The Hall–Kier alpha value is -2.29. The van der Waals surface area contributed by atoms with Crippen LogP contribution < -0.4 is 9.30 Å². The van der Waals surface area contributed by atoms with Gasteiger partial charge in [0.2, 0.25) is 5.69 Å². The number of nitrogens with zero attached hydrogens (tertiary/aromatic N) is 1. The summed E-state index contributed by atoms with van der Waals surface area (Å²) in [5, 5.41) is 9.51. The summed E-state index contributed by atoms with van der Waals surface area (Å²) in [6.45, 7) is 0. The van der Waals surface area contributed by atoms with Gasteiger partial charge in [-0.25, -0.2) is 4.57 Å². The molecule has 2 aromatic rings. The van der Waals surface area contributed by atoms with Crippen LogP contribution in [0.4, 0.5) is 0 Å². The molecule has 0 aliphatic rings. The lowest BCUT2D eigenvalue weighted by Crippen LogP contribution is -2.30. The summed E-state index contributed by atoms with van der Waals surface area (Å²) >= 11 is 0. The van der Waals surface area contributed by atoms with Crippen molar-refractivity contribution in [2.24, 2.45) is 7.05 Å². The predicted octanol–water partition coefficient (Wildman–Crippen LogP) is 2.40. The van der Waals surface area contributed by atoms with Crippen LogP contribution in [-0.4, -0.2) is 12.2 Å². The van der Waals surface area contributed by atoms with E-state index < -0.39 is 0 Å². The zero-order valence-corrected chi connectivity index (χ0v) is 10.5. The Kier molecular flexibility index (Phi) is 3.63. The molecule has 0 saturated carbocycles. The van der Waals surface area contributed by atoms with Gasteiger partial charge in [-0.05, 0) is 29.8 Å². The fourth-order valence-electron chi connectivity index (χ4n) is 1.69. The first-order valence-corrected chi connectivity index (χ1v) is 5.70. The minimum atomic E-state index is 0.153. The maximum atomic E-state index is 9.51. The highest BCUT2D eigenvalue weighted by Crippen LogP contribution is 2.26. The van der Waals surface area contributed by atoms with Gasteiger partial charge in [-0.1, -0.05) is 6.07 Å². The van der Waals surface area contributed by atoms with Crippen LogP contribution in [0, 0.1) is 0 Å². The summed E-state index contributed by atoms with van der Waals surface area (Å²) in [6.07, 6.45) is 6.00. The van der Waals surface area contributed by atoms with E-state index in [4.69, 9.17) is 4.74 Å². The molecule has 1 heterocycles. The van der Waals surface area contributed by atoms with Gasteiger partial charge in [-0.2, -0.15) is 0 Å². The van der Waals surface area contributed by atoms with E-state index in [2.05, 4.69) is 0 Å². The average Bonchev–Trinajstić information content (AvgIpc) is 2.39. The molecule has 0 amide bonds. The quantitative estimate of drug-likeness (QED) is 0.838. The number of aryl methyl sites for hydroxylation is 1. The van der Waals surface area contributed by atoms with Gasteiger partial charge in [-0.15, -0.1) is 0 Å². The van der Waals surface area contributed by atoms with Crippen LogP contribution in [0.25, 0.3) is 12.2 Å². The number of phenolic OH excluding ortho intramolecular Hbond substituents is 1. The second-order valence-corrected chi connectivity index (χ2v) is 4.00. The molecule has 3 heteroatoms. The fourth-order valence-corrected chi connectivity index (χ4v) is 1.69. The monoisotopic (exact) mass is 242 g/mol. The van der Waals surface area contributed by atoms with E-state index in [1.54, 1.807) is 19.2 Å². The second kappa shape index (κ2) is 5.36. The van der Waals surface area contributed by atoms with Crippen molar-refractivity contribution in [2.45, 2.75) is 0 Å². The molecule has 0 fully saturated rings. The van der Waals surface area contributed by atoms with E-state index in [1.165, 1.54) is 0 Å². The molecule has 18 heavy (non-hydrogen) atoms. The van der Waals surface area contributed by atoms with Gasteiger partial charge in [0.1, 0.15) is 7.05 Å². The van der Waals surface area contributed by atoms with Crippen LogP contribution in [0.2, 0.25) is 0 Å². The van der Waals surface area contributed by atoms with E-state index >= 15 is 0 Å². The van der Waals surface area contributed by atoms with Gasteiger partial charge in [0.25, 0.3) is 0 Å². The number of methoxy groups -OCH3 is 1. The number of aromatic hydroxyl groups is 1. The summed E-state index contributed by atoms with van der Waals surface area (Å²) in [5.74, 6) is 0.634. The first kappa shape index (κ1) is 12.2. The maximum absolute atomic E-state index is 9.51. The molecule has 0 bridgehead atoms. The Balaban J connectivity index is 2.27. The van der Waals surface area contributed by atoms with Crippen LogP contribution >= 0.6 is 0 Å². The summed E-state index contributed by atoms with van der Waals surface area (Å²) in [6, 6.07) is 11.3. The van der Waals surface area contributed by atoms with Crippen LogP contribution in [0.5, 0.6) is 11.5 Å². The summed E-state index contributed by atoms with van der Waals surface area (Å²) in [4.78, 5) is 0. The molecule has 0 unspecified atom stereocenters. The van der Waals surface area contributed by atoms with E-state index in [-0.39, 0.29) is 5.75 Å². The number of pyridine rings is 1. The molecule has 3 nitrogen and oxygen atoms in total. The summed E-state index contributed by atoms with van der Waals surface area (Å²) in [7, 11) is 3.54. The molecular weight excluding hydrogens is 226 g/mol. The van der Waals surface area contributed by atoms with Crippen molar-refractivity contribution in [3.63, 3.8) is 0 Å². The predicted molar refractivity (Wildman–Crippen MR) is 71.2 cm³/mol. The van der Waals surface area contributed by atoms with Gasteiger partial charge < -0.3 is 9.84 Å². The molecule has 0 aliphatic carbocycles. The number of ether oxygens (including phenoxy) is 1. The Labute approximate surface area is 107 Å². The SMILES string of the molecule is COc1cc(C=Cc2cccc[n+]2C)ccc1O. The standard InChI is InChI=1S/C15H15NO2/c1-16-10-4-3-5-13(16)8-6-12-7-9-14(17)15(11-12)18-2/h3-11H,1-2H3/p+1. The molecule has 1 aromatic heterocycles. The maximum Gasteiger partial charge on any atom is 0.204 e. The minimum Gasteiger partial charge on any atom is -0.504 e. The van der Waals surface area contributed by atoms with Gasteiger partial charge in [0.05, 0.1) is 7.11 Å². The van der Waals surface area contributed by atoms with Crippen LogP contribution in [0.3, 0.4) is 0 Å². The zero-order valence-electron chi connectivity index (χ0n) is 10.5. The number of aromatic nitrogens is 1.